The maximum absolute atomic E-state index is 2.32. The highest BCUT2D eigenvalue weighted by Gasteiger charge is 2.24. The Morgan fingerprint density at radius 2 is 1.06 bits per heavy atom. The summed E-state index contributed by atoms with van der Waals surface area (Å²) in [6.45, 7) is 20.7. The predicted molar refractivity (Wildman–Crippen MR) is 78.2 cm³/mol. The van der Waals surface area contributed by atoms with Gasteiger partial charge in [-0.1, -0.05) is 34.6 Å². The van der Waals surface area contributed by atoms with E-state index in [4.69, 9.17) is 0 Å². The Bertz CT molecular complexity index is 399. The summed E-state index contributed by atoms with van der Waals surface area (Å²) in [6, 6.07) is 0. The van der Waals surface area contributed by atoms with Crippen LogP contribution in [0.5, 0.6) is 0 Å². The minimum absolute atomic E-state index is 0.235. The van der Waals surface area contributed by atoms with Crippen LogP contribution in [0.3, 0.4) is 0 Å². The molecule has 0 heteroatoms. The Labute approximate surface area is 107 Å². The molecule has 0 N–H and O–H groups in total. The first-order valence-corrected chi connectivity index (χ1v) is 6.69. The van der Waals surface area contributed by atoms with E-state index < -0.39 is 0 Å². The fourth-order valence-corrected chi connectivity index (χ4v) is 3.33. The molecule has 0 radical (unpaired) electrons. The molecule has 0 atom stereocenters. The van der Waals surface area contributed by atoms with E-state index in [2.05, 4.69) is 62.3 Å². The lowest BCUT2D eigenvalue weighted by Gasteiger charge is -2.30. The summed E-state index contributed by atoms with van der Waals surface area (Å²) in [5.74, 6) is 0.612. The Morgan fingerprint density at radius 1 is 0.706 bits per heavy atom. The van der Waals surface area contributed by atoms with Crippen molar-refractivity contribution in [1.29, 1.82) is 0 Å². The molecule has 0 saturated carbocycles. The monoisotopic (exact) mass is 232 g/mol. The van der Waals surface area contributed by atoms with Gasteiger partial charge in [0.25, 0.3) is 0 Å². The van der Waals surface area contributed by atoms with Crippen LogP contribution in [-0.4, -0.2) is 0 Å². The second-order valence-corrected chi connectivity index (χ2v) is 6.69. The lowest BCUT2D eigenvalue weighted by molar-refractivity contribution is 0.579. The molecule has 0 bridgehead atoms. The number of hydrogen-bond acceptors (Lipinski definition) is 0. The first-order valence-electron chi connectivity index (χ1n) is 6.69. The van der Waals surface area contributed by atoms with Crippen molar-refractivity contribution in [2.75, 3.05) is 0 Å². The number of rotatable bonds is 1. The molecule has 0 spiro atoms. The average molecular weight is 232 g/mol. The summed E-state index contributed by atoms with van der Waals surface area (Å²) in [6.07, 6.45) is 0. The third-order valence-corrected chi connectivity index (χ3v) is 4.01. The van der Waals surface area contributed by atoms with Gasteiger partial charge >= 0.3 is 0 Å². The Kier molecular flexibility index (Phi) is 3.76. The van der Waals surface area contributed by atoms with Crippen LogP contribution >= 0.6 is 0 Å². The molecule has 1 rings (SSSR count). The summed E-state index contributed by atoms with van der Waals surface area (Å²) >= 11 is 0. The van der Waals surface area contributed by atoms with E-state index in [1.54, 1.807) is 5.56 Å². The van der Waals surface area contributed by atoms with E-state index >= 15 is 0 Å². The van der Waals surface area contributed by atoms with E-state index in [0.29, 0.717) is 5.92 Å². The van der Waals surface area contributed by atoms with Gasteiger partial charge in [-0.15, -0.1) is 0 Å². The van der Waals surface area contributed by atoms with Gasteiger partial charge in [-0.2, -0.15) is 0 Å². The van der Waals surface area contributed by atoms with Crippen molar-refractivity contribution >= 4 is 0 Å². The van der Waals surface area contributed by atoms with E-state index in [1.807, 2.05) is 0 Å². The summed E-state index contributed by atoms with van der Waals surface area (Å²) in [4.78, 5) is 0. The third kappa shape index (κ3) is 2.41. The quantitative estimate of drug-likeness (QED) is 0.613. The van der Waals surface area contributed by atoms with Gasteiger partial charge in [0.1, 0.15) is 0 Å². The lowest BCUT2D eigenvalue weighted by atomic mass is 9.75. The molecule has 0 saturated heterocycles. The minimum atomic E-state index is 0.235. The zero-order valence-electron chi connectivity index (χ0n) is 13.1. The van der Waals surface area contributed by atoms with E-state index in [1.165, 1.54) is 27.8 Å². The normalized spacial score (nSPS) is 12.4. The van der Waals surface area contributed by atoms with Crippen LogP contribution in [-0.2, 0) is 5.41 Å². The fraction of sp³-hybridized carbons (Fsp3) is 0.647. The predicted octanol–water partition coefficient (Wildman–Crippen LogP) is 5.34. The van der Waals surface area contributed by atoms with Crippen LogP contribution in [0.4, 0.5) is 0 Å². The molecular formula is C17H28. The smallest absolute Gasteiger partial charge is 0.0126 e. The molecule has 1 aromatic rings. The van der Waals surface area contributed by atoms with E-state index in [-0.39, 0.29) is 5.41 Å². The van der Waals surface area contributed by atoms with Gasteiger partial charge in [-0.3, -0.25) is 0 Å². The van der Waals surface area contributed by atoms with Crippen LogP contribution in [0, 0.1) is 27.7 Å². The van der Waals surface area contributed by atoms with Crippen molar-refractivity contribution in [3.05, 3.63) is 33.4 Å². The van der Waals surface area contributed by atoms with Gasteiger partial charge in [-0.05, 0) is 72.4 Å². The molecular weight excluding hydrogens is 204 g/mol. The fourth-order valence-electron chi connectivity index (χ4n) is 3.33. The number of hydrogen-bond donors (Lipinski definition) is 0. The molecule has 0 aromatic heterocycles. The van der Waals surface area contributed by atoms with Gasteiger partial charge in [0.05, 0.1) is 0 Å². The lowest BCUT2D eigenvalue weighted by Crippen LogP contribution is -2.18. The highest BCUT2D eigenvalue weighted by Crippen LogP contribution is 2.37. The molecule has 0 aliphatic carbocycles. The summed E-state index contributed by atoms with van der Waals surface area (Å²) in [7, 11) is 0. The SMILES string of the molecule is Cc1c(C)c(C(C)(C)C)c(C)c(C)c1C(C)C. The Hall–Kier alpha value is -0.780. The van der Waals surface area contributed by atoms with Crippen molar-refractivity contribution in [1.82, 2.24) is 0 Å². The number of benzene rings is 1. The molecule has 0 amide bonds. The van der Waals surface area contributed by atoms with Gasteiger partial charge in [-0.25, -0.2) is 0 Å². The van der Waals surface area contributed by atoms with Crippen LogP contribution in [0.2, 0.25) is 0 Å². The maximum Gasteiger partial charge on any atom is -0.0126 e. The van der Waals surface area contributed by atoms with Crippen molar-refractivity contribution in [3.63, 3.8) is 0 Å². The first-order chi connectivity index (χ1) is 7.59. The highest BCUT2D eigenvalue weighted by atomic mass is 14.3. The summed E-state index contributed by atoms with van der Waals surface area (Å²) in [5, 5.41) is 0. The van der Waals surface area contributed by atoms with Crippen LogP contribution < -0.4 is 0 Å². The Morgan fingerprint density at radius 3 is 1.29 bits per heavy atom. The molecule has 0 nitrogen and oxygen atoms in total. The zero-order chi connectivity index (χ0) is 13.5. The van der Waals surface area contributed by atoms with E-state index in [0.717, 1.165) is 0 Å². The Balaban J connectivity index is 3.71. The highest BCUT2D eigenvalue weighted by molar-refractivity contribution is 5.53. The zero-order valence-corrected chi connectivity index (χ0v) is 13.1. The van der Waals surface area contributed by atoms with Crippen molar-refractivity contribution in [2.45, 2.75) is 73.6 Å². The van der Waals surface area contributed by atoms with Crippen LogP contribution in [0.25, 0.3) is 0 Å². The molecule has 96 valence electrons. The van der Waals surface area contributed by atoms with E-state index in [9.17, 15) is 0 Å². The van der Waals surface area contributed by atoms with Gasteiger partial charge in [0.15, 0.2) is 0 Å². The van der Waals surface area contributed by atoms with Crippen molar-refractivity contribution < 1.29 is 0 Å². The molecule has 0 unspecified atom stereocenters. The first kappa shape index (κ1) is 14.3. The van der Waals surface area contributed by atoms with Crippen molar-refractivity contribution in [3.8, 4) is 0 Å². The molecule has 0 fully saturated rings. The third-order valence-electron chi connectivity index (χ3n) is 4.01. The van der Waals surface area contributed by atoms with Gasteiger partial charge in [0.2, 0.25) is 0 Å². The molecule has 1 aromatic carbocycles. The molecule has 0 aliphatic rings. The van der Waals surface area contributed by atoms with Crippen LogP contribution in [0.1, 0.15) is 73.9 Å². The second-order valence-electron chi connectivity index (χ2n) is 6.69. The van der Waals surface area contributed by atoms with Crippen LogP contribution in [0.15, 0.2) is 0 Å². The molecule has 0 heterocycles. The summed E-state index contributed by atoms with van der Waals surface area (Å²) < 4.78 is 0. The topological polar surface area (TPSA) is 0 Å². The van der Waals surface area contributed by atoms with Gasteiger partial charge in [0, 0.05) is 0 Å². The second kappa shape index (κ2) is 4.48. The minimum Gasteiger partial charge on any atom is -0.0587 e. The molecule has 0 aliphatic heterocycles. The average Bonchev–Trinajstić information content (AvgIpc) is 2.12. The largest absolute Gasteiger partial charge is 0.0587 e. The van der Waals surface area contributed by atoms with Gasteiger partial charge < -0.3 is 0 Å². The standard InChI is InChI=1S/C17H28/c1-10(2)15-11(3)13(5)16(17(7,8)9)14(6)12(15)4/h10H,1-9H3. The molecule has 17 heavy (non-hydrogen) atoms. The maximum atomic E-state index is 2.32. The van der Waals surface area contributed by atoms with Crippen molar-refractivity contribution in [2.24, 2.45) is 0 Å². The summed E-state index contributed by atoms with van der Waals surface area (Å²) in [5.41, 5.74) is 9.29.